The molecule has 0 spiro atoms. The lowest BCUT2D eigenvalue weighted by molar-refractivity contribution is -0.138. The van der Waals surface area contributed by atoms with E-state index in [4.69, 9.17) is 4.74 Å². The number of sulfone groups is 1. The smallest absolute Gasteiger partial charge is 0.264 e. The van der Waals surface area contributed by atoms with Crippen LogP contribution in [0, 0.1) is 5.82 Å². The van der Waals surface area contributed by atoms with E-state index in [1.807, 2.05) is 0 Å². The molecule has 1 amide bonds. The number of ether oxygens (including phenoxy) is 1. The van der Waals surface area contributed by atoms with Gasteiger partial charge in [-0.25, -0.2) is 12.8 Å². The number of amides is 1. The molecule has 1 heterocycles. The van der Waals surface area contributed by atoms with Crippen molar-refractivity contribution in [1.82, 2.24) is 4.90 Å². The first-order valence-electron chi connectivity index (χ1n) is 6.78. The molecule has 0 N–H and O–H groups in total. The van der Waals surface area contributed by atoms with Gasteiger partial charge in [-0.05, 0) is 19.1 Å². The third-order valence-electron chi connectivity index (χ3n) is 3.32. The highest BCUT2D eigenvalue weighted by atomic mass is 32.2. The first-order chi connectivity index (χ1) is 10.3. The SMILES string of the molecule is CC(Oc1cccc(F)c1)C(=O)N1CCSCC1S(C)(=O)=O. The summed E-state index contributed by atoms with van der Waals surface area (Å²) < 4.78 is 42.2. The number of rotatable bonds is 4. The summed E-state index contributed by atoms with van der Waals surface area (Å²) in [5.74, 6) is 0.422. The standard InChI is InChI=1S/C14H18FNO4S2/c1-10(20-12-5-3-4-11(15)8-12)14(17)16-6-7-21-9-13(16)22(2,18)19/h3-5,8,10,13H,6-7,9H2,1-2H3. The number of thioether (sulfide) groups is 1. The summed E-state index contributed by atoms with van der Waals surface area (Å²) in [7, 11) is -3.36. The first kappa shape index (κ1) is 17.1. The molecule has 0 aromatic heterocycles. The van der Waals surface area contributed by atoms with E-state index in [2.05, 4.69) is 0 Å². The lowest BCUT2D eigenvalue weighted by Gasteiger charge is -2.35. The number of nitrogens with zero attached hydrogens (tertiary/aromatic N) is 1. The van der Waals surface area contributed by atoms with Gasteiger partial charge in [0.1, 0.15) is 16.9 Å². The molecular formula is C14H18FNO4S2. The van der Waals surface area contributed by atoms with Gasteiger partial charge in [0.25, 0.3) is 5.91 Å². The second-order valence-electron chi connectivity index (χ2n) is 5.11. The third-order valence-corrected chi connectivity index (χ3v) is 5.96. The maximum absolute atomic E-state index is 13.1. The Morgan fingerprint density at radius 1 is 1.50 bits per heavy atom. The Balaban J connectivity index is 2.11. The minimum Gasteiger partial charge on any atom is -0.481 e. The normalized spacial score (nSPS) is 20.5. The van der Waals surface area contributed by atoms with Crippen LogP contribution in [0.2, 0.25) is 0 Å². The van der Waals surface area contributed by atoms with Gasteiger partial charge in [-0.2, -0.15) is 11.8 Å². The van der Waals surface area contributed by atoms with Crippen LogP contribution in [0.15, 0.2) is 24.3 Å². The number of carbonyl (C=O) groups excluding carboxylic acids is 1. The minimum absolute atomic E-state index is 0.239. The largest absolute Gasteiger partial charge is 0.481 e. The molecular weight excluding hydrogens is 329 g/mol. The Morgan fingerprint density at radius 3 is 2.86 bits per heavy atom. The molecule has 1 aliphatic heterocycles. The molecule has 1 fully saturated rings. The molecule has 22 heavy (non-hydrogen) atoms. The van der Waals surface area contributed by atoms with Crippen LogP contribution in [0.1, 0.15) is 6.92 Å². The van der Waals surface area contributed by atoms with Crippen molar-refractivity contribution in [3.05, 3.63) is 30.1 Å². The van der Waals surface area contributed by atoms with Gasteiger partial charge in [0.05, 0.1) is 0 Å². The van der Waals surface area contributed by atoms with Crippen molar-refractivity contribution in [2.75, 3.05) is 24.3 Å². The predicted octanol–water partition coefficient (Wildman–Crippen LogP) is 1.54. The summed E-state index contributed by atoms with van der Waals surface area (Å²) in [5.41, 5.74) is 0. The van der Waals surface area contributed by atoms with E-state index < -0.39 is 33.0 Å². The fraction of sp³-hybridized carbons (Fsp3) is 0.500. The Hall–Kier alpha value is -1.28. The van der Waals surface area contributed by atoms with Crippen LogP contribution in [-0.2, 0) is 14.6 Å². The van der Waals surface area contributed by atoms with E-state index in [0.29, 0.717) is 18.1 Å². The quantitative estimate of drug-likeness (QED) is 0.827. The van der Waals surface area contributed by atoms with Gasteiger partial charge in [0.15, 0.2) is 15.9 Å². The van der Waals surface area contributed by atoms with Crippen molar-refractivity contribution in [3.8, 4) is 5.75 Å². The average molecular weight is 347 g/mol. The highest BCUT2D eigenvalue weighted by Crippen LogP contribution is 2.22. The van der Waals surface area contributed by atoms with Gasteiger partial charge in [0.2, 0.25) is 0 Å². The third kappa shape index (κ3) is 4.13. The summed E-state index contributed by atoms with van der Waals surface area (Å²) in [6, 6.07) is 5.50. The number of hydrogen-bond acceptors (Lipinski definition) is 5. The molecule has 8 heteroatoms. The Morgan fingerprint density at radius 2 is 2.23 bits per heavy atom. The zero-order chi connectivity index (χ0) is 16.3. The van der Waals surface area contributed by atoms with Crippen LogP contribution in [-0.4, -0.2) is 55.0 Å². The number of halogens is 1. The van der Waals surface area contributed by atoms with Gasteiger partial charge in [-0.15, -0.1) is 0 Å². The fourth-order valence-corrected chi connectivity index (χ4v) is 5.04. The molecule has 2 rings (SSSR count). The van der Waals surface area contributed by atoms with Crippen LogP contribution >= 0.6 is 11.8 Å². The fourth-order valence-electron chi connectivity index (χ4n) is 2.22. The number of hydrogen-bond donors (Lipinski definition) is 0. The predicted molar refractivity (Wildman–Crippen MR) is 84.2 cm³/mol. The van der Waals surface area contributed by atoms with Gasteiger partial charge in [0, 0.05) is 30.4 Å². The van der Waals surface area contributed by atoms with E-state index in [1.165, 1.54) is 41.8 Å². The monoisotopic (exact) mass is 347 g/mol. The maximum atomic E-state index is 13.1. The lowest BCUT2D eigenvalue weighted by Crippen LogP contribution is -2.53. The molecule has 2 unspecified atom stereocenters. The minimum atomic E-state index is -3.36. The Labute approximate surface area is 133 Å². The van der Waals surface area contributed by atoms with Gasteiger partial charge >= 0.3 is 0 Å². The molecule has 5 nitrogen and oxygen atoms in total. The van der Waals surface area contributed by atoms with Crippen LogP contribution in [0.4, 0.5) is 4.39 Å². The molecule has 1 aromatic rings. The van der Waals surface area contributed by atoms with Gasteiger partial charge < -0.3 is 9.64 Å². The van der Waals surface area contributed by atoms with Crippen LogP contribution in [0.25, 0.3) is 0 Å². The van der Waals surface area contributed by atoms with Crippen LogP contribution in [0.3, 0.4) is 0 Å². The molecule has 1 saturated heterocycles. The molecule has 0 aliphatic carbocycles. The zero-order valence-corrected chi connectivity index (χ0v) is 14.0. The lowest BCUT2D eigenvalue weighted by atomic mass is 10.3. The summed E-state index contributed by atoms with van der Waals surface area (Å²) in [4.78, 5) is 13.8. The molecule has 0 bridgehead atoms. The summed E-state index contributed by atoms with van der Waals surface area (Å²) in [5, 5.41) is -0.836. The molecule has 122 valence electrons. The second kappa shape index (κ2) is 6.87. The first-order valence-corrected chi connectivity index (χ1v) is 9.89. The van der Waals surface area contributed by atoms with Gasteiger partial charge in [-0.1, -0.05) is 6.07 Å². The van der Waals surface area contributed by atoms with Crippen molar-refractivity contribution in [2.45, 2.75) is 18.4 Å². The van der Waals surface area contributed by atoms with Crippen LogP contribution in [0.5, 0.6) is 5.75 Å². The molecule has 1 aliphatic rings. The topological polar surface area (TPSA) is 63.7 Å². The number of benzene rings is 1. The molecule has 0 saturated carbocycles. The molecule has 2 atom stereocenters. The van der Waals surface area contributed by atoms with Crippen LogP contribution < -0.4 is 4.74 Å². The second-order valence-corrected chi connectivity index (χ2v) is 8.46. The van der Waals surface area contributed by atoms with Crippen molar-refractivity contribution < 1.29 is 22.3 Å². The summed E-state index contributed by atoms with van der Waals surface area (Å²) >= 11 is 1.51. The van der Waals surface area contributed by atoms with E-state index in [-0.39, 0.29) is 5.75 Å². The highest BCUT2D eigenvalue weighted by Gasteiger charge is 2.36. The summed E-state index contributed by atoms with van der Waals surface area (Å²) in [6.45, 7) is 1.90. The van der Waals surface area contributed by atoms with E-state index >= 15 is 0 Å². The van der Waals surface area contributed by atoms with Crippen molar-refractivity contribution in [1.29, 1.82) is 0 Å². The van der Waals surface area contributed by atoms with E-state index in [0.717, 1.165) is 6.26 Å². The van der Waals surface area contributed by atoms with Crippen molar-refractivity contribution >= 4 is 27.5 Å². The van der Waals surface area contributed by atoms with E-state index in [9.17, 15) is 17.6 Å². The summed E-state index contributed by atoms with van der Waals surface area (Å²) in [6.07, 6.45) is 0.246. The van der Waals surface area contributed by atoms with Crippen molar-refractivity contribution in [2.24, 2.45) is 0 Å². The molecule has 0 radical (unpaired) electrons. The molecule has 1 aromatic carbocycles. The van der Waals surface area contributed by atoms with Gasteiger partial charge in [-0.3, -0.25) is 4.79 Å². The zero-order valence-electron chi connectivity index (χ0n) is 12.4. The Bertz CT molecular complexity index is 650. The highest BCUT2D eigenvalue weighted by molar-refractivity contribution is 8.00. The number of carbonyl (C=O) groups is 1. The van der Waals surface area contributed by atoms with E-state index in [1.54, 1.807) is 6.07 Å². The average Bonchev–Trinajstić information content (AvgIpc) is 2.45. The Kier molecular flexibility index (Phi) is 5.33. The van der Waals surface area contributed by atoms with Crippen molar-refractivity contribution in [3.63, 3.8) is 0 Å². The maximum Gasteiger partial charge on any atom is 0.264 e.